The third-order valence-electron chi connectivity index (χ3n) is 3.34. The van der Waals surface area contributed by atoms with Gasteiger partial charge in [0.25, 0.3) is 0 Å². The van der Waals surface area contributed by atoms with E-state index in [0.717, 1.165) is 6.42 Å². The Hall–Kier alpha value is -1.14. The van der Waals surface area contributed by atoms with Gasteiger partial charge >= 0.3 is 5.97 Å². The van der Waals surface area contributed by atoms with Crippen LogP contribution in [-0.2, 0) is 19.1 Å². The monoisotopic (exact) mass is 243 g/mol. The molecule has 0 aliphatic carbocycles. The van der Waals surface area contributed by atoms with Crippen LogP contribution in [0, 0.1) is 0 Å². The van der Waals surface area contributed by atoms with Crippen molar-refractivity contribution in [3.8, 4) is 0 Å². The van der Waals surface area contributed by atoms with E-state index in [2.05, 4.69) is 5.32 Å². The molecule has 2 heterocycles. The number of ether oxygens (including phenoxy) is 2. The Morgan fingerprint density at radius 3 is 2.47 bits per heavy atom. The van der Waals surface area contributed by atoms with Crippen molar-refractivity contribution in [1.82, 2.24) is 5.32 Å². The average molecular weight is 243 g/mol. The number of carboxylic acids is 1. The first kappa shape index (κ1) is 12.3. The number of aliphatic carboxylic acids is 1. The molecule has 0 aromatic heterocycles. The van der Waals surface area contributed by atoms with Crippen LogP contribution in [0.4, 0.5) is 0 Å². The predicted octanol–water partition coefficient (Wildman–Crippen LogP) is -0.0846. The van der Waals surface area contributed by atoms with Gasteiger partial charge in [0.1, 0.15) is 11.6 Å². The second-order valence-corrected chi connectivity index (χ2v) is 4.49. The number of amides is 1. The first-order chi connectivity index (χ1) is 8.14. The van der Waals surface area contributed by atoms with Crippen LogP contribution in [0.1, 0.15) is 25.7 Å². The zero-order valence-electron chi connectivity index (χ0n) is 9.61. The Kier molecular flexibility index (Phi) is 3.63. The minimum absolute atomic E-state index is 0.306. The molecule has 0 aromatic carbocycles. The number of carbonyl (C=O) groups excluding carboxylic acids is 1. The molecule has 2 aliphatic rings. The SMILES string of the molecule is O=C(NC1(C(=O)O)CCOCC1)C1CCCO1. The first-order valence-corrected chi connectivity index (χ1v) is 5.89. The number of carboxylic acid groups (broad SMARTS) is 1. The number of hydrogen-bond acceptors (Lipinski definition) is 4. The number of hydrogen-bond donors (Lipinski definition) is 2. The van der Waals surface area contributed by atoms with Crippen LogP contribution in [0.2, 0.25) is 0 Å². The summed E-state index contributed by atoms with van der Waals surface area (Å²) >= 11 is 0. The average Bonchev–Trinajstić information content (AvgIpc) is 2.83. The molecule has 2 N–H and O–H groups in total. The lowest BCUT2D eigenvalue weighted by atomic mass is 9.89. The van der Waals surface area contributed by atoms with E-state index < -0.39 is 17.6 Å². The van der Waals surface area contributed by atoms with E-state index in [1.54, 1.807) is 0 Å². The van der Waals surface area contributed by atoms with E-state index in [1.165, 1.54) is 0 Å². The second-order valence-electron chi connectivity index (χ2n) is 4.49. The molecule has 1 amide bonds. The fraction of sp³-hybridized carbons (Fsp3) is 0.818. The first-order valence-electron chi connectivity index (χ1n) is 5.89. The summed E-state index contributed by atoms with van der Waals surface area (Å²) in [5, 5.41) is 11.9. The Bertz CT molecular complexity index is 305. The van der Waals surface area contributed by atoms with E-state index in [0.29, 0.717) is 39.1 Å². The van der Waals surface area contributed by atoms with Crippen LogP contribution in [0.15, 0.2) is 0 Å². The van der Waals surface area contributed by atoms with Crippen molar-refractivity contribution in [3.63, 3.8) is 0 Å². The third kappa shape index (κ3) is 2.58. The standard InChI is InChI=1S/C11H17NO5/c13-9(8-2-1-5-17-8)12-11(10(14)15)3-6-16-7-4-11/h8H,1-7H2,(H,12,13)(H,14,15). The number of nitrogens with one attached hydrogen (secondary N) is 1. The van der Waals surface area contributed by atoms with Crippen LogP contribution in [0.5, 0.6) is 0 Å². The lowest BCUT2D eigenvalue weighted by molar-refractivity contribution is -0.153. The van der Waals surface area contributed by atoms with E-state index >= 15 is 0 Å². The molecule has 0 bridgehead atoms. The van der Waals surface area contributed by atoms with Crippen LogP contribution < -0.4 is 5.32 Å². The second kappa shape index (κ2) is 5.01. The van der Waals surface area contributed by atoms with Gasteiger partial charge in [-0.2, -0.15) is 0 Å². The molecular weight excluding hydrogens is 226 g/mol. The molecule has 2 fully saturated rings. The molecule has 96 valence electrons. The van der Waals surface area contributed by atoms with Crippen molar-refractivity contribution >= 4 is 11.9 Å². The molecule has 2 rings (SSSR count). The van der Waals surface area contributed by atoms with Gasteiger partial charge in [0.05, 0.1) is 0 Å². The maximum Gasteiger partial charge on any atom is 0.329 e. The van der Waals surface area contributed by atoms with Gasteiger partial charge in [-0.3, -0.25) is 4.79 Å². The summed E-state index contributed by atoms with van der Waals surface area (Å²) in [5.74, 6) is -1.31. The maximum absolute atomic E-state index is 11.9. The molecule has 0 spiro atoms. The maximum atomic E-state index is 11.9. The summed E-state index contributed by atoms with van der Waals surface area (Å²) in [4.78, 5) is 23.2. The van der Waals surface area contributed by atoms with E-state index in [1.807, 2.05) is 0 Å². The summed E-state index contributed by atoms with van der Waals surface area (Å²) in [7, 11) is 0. The van der Waals surface area contributed by atoms with Crippen molar-refractivity contribution in [2.24, 2.45) is 0 Å². The topological polar surface area (TPSA) is 84.9 Å². The highest BCUT2D eigenvalue weighted by Gasteiger charge is 2.43. The molecule has 0 aromatic rings. The summed E-state index contributed by atoms with van der Waals surface area (Å²) in [6, 6.07) is 0. The Morgan fingerprint density at radius 1 is 1.24 bits per heavy atom. The van der Waals surface area contributed by atoms with Gasteiger partial charge in [-0.25, -0.2) is 4.79 Å². The zero-order valence-corrected chi connectivity index (χ0v) is 9.61. The van der Waals surface area contributed by atoms with E-state index in [9.17, 15) is 14.7 Å². The van der Waals surface area contributed by atoms with Crippen molar-refractivity contribution < 1.29 is 24.2 Å². The summed E-state index contributed by atoms with van der Waals surface area (Å²) < 4.78 is 10.4. The van der Waals surface area contributed by atoms with Gasteiger partial charge in [-0.1, -0.05) is 0 Å². The quantitative estimate of drug-likeness (QED) is 0.724. The van der Waals surface area contributed by atoms with Crippen LogP contribution in [0.3, 0.4) is 0 Å². The molecule has 17 heavy (non-hydrogen) atoms. The largest absolute Gasteiger partial charge is 0.480 e. The highest BCUT2D eigenvalue weighted by atomic mass is 16.5. The van der Waals surface area contributed by atoms with Crippen molar-refractivity contribution in [3.05, 3.63) is 0 Å². The van der Waals surface area contributed by atoms with Crippen LogP contribution >= 0.6 is 0 Å². The lowest BCUT2D eigenvalue weighted by Crippen LogP contribution is -2.59. The fourth-order valence-corrected chi connectivity index (χ4v) is 2.21. The third-order valence-corrected chi connectivity index (χ3v) is 3.34. The predicted molar refractivity (Wildman–Crippen MR) is 57.5 cm³/mol. The van der Waals surface area contributed by atoms with Gasteiger partial charge in [0.2, 0.25) is 5.91 Å². The van der Waals surface area contributed by atoms with Gasteiger partial charge < -0.3 is 19.9 Å². The normalized spacial score (nSPS) is 27.6. The number of rotatable bonds is 3. The molecule has 0 radical (unpaired) electrons. The van der Waals surface area contributed by atoms with Gasteiger partial charge in [0.15, 0.2) is 0 Å². The van der Waals surface area contributed by atoms with Crippen molar-refractivity contribution in [2.75, 3.05) is 19.8 Å². The molecule has 0 saturated carbocycles. The zero-order chi connectivity index (χ0) is 12.3. The molecule has 2 aliphatic heterocycles. The smallest absolute Gasteiger partial charge is 0.329 e. The van der Waals surface area contributed by atoms with Gasteiger partial charge in [-0.05, 0) is 12.8 Å². The van der Waals surface area contributed by atoms with Gasteiger partial charge in [0, 0.05) is 32.7 Å². The molecule has 1 unspecified atom stereocenters. The Morgan fingerprint density at radius 2 is 1.94 bits per heavy atom. The molecule has 6 heteroatoms. The van der Waals surface area contributed by atoms with Crippen LogP contribution in [0.25, 0.3) is 0 Å². The summed E-state index contributed by atoms with van der Waals surface area (Å²) in [6.45, 7) is 1.29. The van der Waals surface area contributed by atoms with E-state index in [-0.39, 0.29) is 5.91 Å². The van der Waals surface area contributed by atoms with E-state index in [4.69, 9.17) is 9.47 Å². The minimum Gasteiger partial charge on any atom is -0.480 e. The Balaban J connectivity index is 2.01. The highest BCUT2D eigenvalue weighted by molar-refractivity contribution is 5.89. The molecule has 1 atom stereocenters. The van der Waals surface area contributed by atoms with Gasteiger partial charge in [-0.15, -0.1) is 0 Å². The fourth-order valence-electron chi connectivity index (χ4n) is 2.21. The van der Waals surface area contributed by atoms with Crippen molar-refractivity contribution in [2.45, 2.75) is 37.3 Å². The summed E-state index contributed by atoms with van der Waals surface area (Å²) in [6.07, 6.45) is 1.63. The molecular formula is C11H17NO5. The Labute approximate surface area is 99.3 Å². The molecule has 6 nitrogen and oxygen atoms in total. The van der Waals surface area contributed by atoms with Crippen LogP contribution in [-0.4, -0.2) is 48.4 Å². The molecule has 2 saturated heterocycles. The van der Waals surface area contributed by atoms with Crippen molar-refractivity contribution in [1.29, 1.82) is 0 Å². The highest BCUT2D eigenvalue weighted by Crippen LogP contribution is 2.22. The number of carbonyl (C=O) groups is 2. The minimum atomic E-state index is -1.18. The lowest BCUT2D eigenvalue weighted by Gasteiger charge is -2.34. The summed E-state index contributed by atoms with van der Waals surface area (Å²) in [5.41, 5.74) is -1.18.